The molecule has 5 nitrogen and oxygen atoms in total. The molecule has 2 atom stereocenters. The monoisotopic (exact) mass is 272 g/mol. The highest BCUT2D eigenvalue weighted by Gasteiger charge is 2.39. The Morgan fingerprint density at radius 2 is 2.10 bits per heavy atom. The number of carboxylic acid groups (broad SMARTS) is 1. The van der Waals surface area contributed by atoms with E-state index in [1.54, 1.807) is 17.0 Å². The SMILES string of the molecule is NC(=O)c1cccc(C2=CC3CCC(C2)N3C(=O)O)c1. The van der Waals surface area contributed by atoms with Gasteiger partial charge in [-0.3, -0.25) is 9.69 Å². The van der Waals surface area contributed by atoms with E-state index in [4.69, 9.17) is 5.73 Å². The molecular weight excluding hydrogens is 256 g/mol. The Morgan fingerprint density at radius 1 is 1.30 bits per heavy atom. The number of nitrogens with zero attached hydrogens (tertiary/aromatic N) is 1. The van der Waals surface area contributed by atoms with Crippen molar-refractivity contribution in [2.24, 2.45) is 5.73 Å². The zero-order chi connectivity index (χ0) is 14.3. The van der Waals surface area contributed by atoms with E-state index in [-0.39, 0.29) is 12.1 Å². The van der Waals surface area contributed by atoms with Crippen LogP contribution in [0, 0.1) is 0 Å². The Morgan fingerprint density at radius 3 is 2.75 bits per heavy atom. The van der Waals surface area contributed by atoms with Gasteiger partial charge in [-0.1, -0.05) is 18.2 Å². The average Bonchev–Trinajstić information content (AvgIpc) is 2.70. The highest BCUT2D eigenvalue weighted by atomic mass is 16.4. The van der Waals surface area contributed by atoms with Crippen LogP contribution in [0.15, 0.2) is 30.3 Å². The predicted octanol–water partition coefficient (Wildman–Crippen LogP) is 2.08. The van der Waals surface area contributed by atoms with Crippen molar-refractivity contribution in [3.8, 4) is 0 Å². The zero-order valence-corrected chi connectivity index (χ0v) is 11.0. The molecule has 2 aliphatic rings. The van der Waals surface area contributed by atoms with Gasteiger partial charge in [-0.2, -0.15) is 0 Å². The van der Waals surface area contributed by atoms with Gasteiger partial charge in [0.05, 0.1) is 6.04 Å². The minimum absolute atomic E-state index is 0.0431. The quantitative estimate of drug-likeness (QED) is 0.864. The summed E-state index contributed by atoms with van der Waals surface area (Å²) in [4.78, 5) is 24.0. The van der Waals surface area contributed by atoms with Gasteiger partial charge in [-0.15, -0.1) is 0 Å². The topological polar surface area (TPSA) is 83.6 Å². The Kier molecular flexibility index (Phi) is 2.97. The fraction of sp³-hybridized carbons (Fsp3) is 0.333. The van der Waals surface area contributed by atoms with Crippen LogP contribution in [0.2, 0.25) is 0 Å². The molecule has 1 fully saturated rings. The molecule has 0 radical (unpaired) electrons. The Labute approximate surface area is 116 Å². The predicted molar refractivity (Wildman–Crippen MR) is 74.2 cm³/mol. The lowest BCUT2D eigenvalue weighted by atomic mass is 9.94. The molecule has 3 rings (SSSR count). The van der Waals surface area contributed by atoms with Crippen molar-refractivity contribution >= 4 is 17.6 Å². The first-order valence-corrected chi connectivity index (χ1v) is 6.68. The van der Waals surface area contributed by atoms with Gasteiger partial charge in [0.2, 0.25) is 5.91 Å². The normalized spacial score (nSPS) is 24.4. The molecule has 1 saturated heterocycles. The van der Waals surface area contributed by atoms with Crippen LogP contribution in [0.3, 0.4) is 0 Å². The van der Waals surface area contributed by atoms with Crippen LogP contribution in [0.25, 0.3) is 5.57 Å². The lowest BCUT2D eigenvalue weighted by Gasteiger charge is -2.31. The number of primary amides is 1. The molecule has 0 aliphatic carbocycles. The number of carbonyl (C=O) groups is 2. The molecular formula is C15H16N2O3. The summed E-state index contributed by atoms with van der Waals surface area (Å²) in [6, 6.07) is 7.22. The Hall–Kier alpha value is -2.30. The van der Waals surface area contributed by atoms with Gasteiger partial charge < -0.3 is 10.8 Å². The zero-order valence-electron chi connectivity index (χ0n) is 11.0. The highest BCUT2D eigenvalue weighted by Crippen LogP contribution is 2.38. The third kappa shape index (κ3) is 2.05. The van der Waals surface area contributed by atoms with Crippen LogP contribution in [0.1, 0.15) is 35.2 Å². The number of hydrogen-bond donors (Lipinski definition) is 2. The Balaban J connectivity index is 1.93. The van der Waals surface area contributed by atoms with E-state index < -0.39 is 12.0 Å². The highest BCUT2D eigenvalue weighted by molar-refractivity contribution is 5.93. The molecule has 2 aliphatic heterocycles. The van der Waals surface area contributed by atoms with Crippen LogP contribution < -0.4 is 5.73 Å². The van der Waals surface area contributed by atoms with E-state index in [2.05, 4.69) is 0 Å². The van der Waals surface area contributed by atoms with Crippen molar-refractivity contribution < 1.29 is 14.7 Å². The standard InChI is InChI=1S/C15H16N2O3/c16-14(18)10-3-1-2-9(6-10)11-7-12-4-5-13(8-11)17(12)15(19)20/h1-3,6-7,12-13H,4-5,8H2,(H2,16,18)(H,19,20). The number of nitrogens with two attached hydrogens (primary N) is 1. The molecule has 20 heavy (non-hydrogen) atoms. The maximum absolute atomic E-state index is 11.2. The van der Waals surface area contributed by atoms with Gasteiger partial charge in [-0.05, 0) is 42.5 Å². The van der Waals surface area contributed by atoms with Crippen molar-refractivity contribution in [1.82, 2.24) is 4.90 Å². The molecule has 5 heteroatoms. The van der Waals surface area contributed by atoms with Gasteiger partial charge in [0, 0.05) is 11.6 Å². The summed E-state index contributed by atoms with van der Waals surface area (Å²) in [7, 11) is 0. The fourth-order valence-electron chi connectivity index (χ4n) is 3.21. The first-order chi connectivity index (χ1) is 9.56. The van der Waals surface area contributed by atoms with Crippen molar-refractivity contribution in [1.29, 1.82) is 0 Å². The second kappa shape index (κ2) is 4.67. The van der Waals surface area contributed by atoms with Crippen molar-refractivity contribution in [3.05, 3.63) is 41.5 Å². The van der Waals surface area contributed by atoms with Crippen LogP contribution in [0.4, 0.5) is 4.79 Å². The van der Waals surface area contributed by atoms with Gasteiger partial charge in [0.25, 0.3) is 0 Å². The van der Waals surface area contributed by atoms with Gasteiger partial charge in [0.1, 0.15) is 0 Å². The molecule has 2 heterocycles. The molecule has 2 bridgehead atoms. The summed E-state index contributed by atoms with van der Waals surface area (Å²) in [6.07, 6.45) is 3.63. The maximum Gasteiger partial charge on any atom is 0.408 e. The van der Waals surface area contributed by atoms with Gasteiger partial charge in [-0.25, -0.2) is 4.79 Å². The van der Waals surface area contributed by atoms with Gasteiger partial charge >= 0.3 is 6.09 Å². The lowest BCUT2D eigenvalue weighted by molar-refractivity contribution is 0.1000. The summed E-state index contributed by atoms with van der Waals surface area (Å²) in [5.41, 5.74) is 7.85. The molecule has 2 amide bonds. The fourth-order valence-corrected chi connectivity index (χ4v) is 3.21. The molecule has 0 aromatic heterocycles. The number of hydrogen-bond acceptors (Lipinski definition) is 2. The van der Waals surface area contributed by atoms with E-state index in [0.29, 0.717) is 12.0 Å². The second-order valence-corrected chi connectivity index (χ2v) is 5.33. The number of amides is 2. The second-order valence-electron chi connectivity index (χ2n) is 5.33. The molecule has 3 N–H and O–H groups in total. The van der Waals surface area contributed by atoms with Crippen molar-refractivity contribution in [3.63, 3.8) is 0 Å². The third-order valence-corrected chi connectivity index (χ3v) is 4.13. The van der Waals surface area contributed by atoms with E-state index >= 15 is 0 Å². The molecule has 2 unspecified atom stereocenters. The summed E-state index contributed by atoms with van der Waals surface area (Å²) in [5.74, 6) is -0.446. The largest absolute Gasteiger partial charge is 0.465 e. The molecule has 1 aromatic rings. The Bertz CT molecular complexity index is 609. The minimum atomic E-state index is -0.848. The summed E-state index contributed by atoms with van der Waals surface area (Å²) >= 11 is 0. The van der Waals surface area contributed by atoms with Crippen LogP contribution in [-0.4, -0.2) is 34.1 Å². The van der Waals surface area contributed by atoms with Gasteiger partial charge in [0.15, 0.2) is 0 Å². The van der Waals surface area contributed by atoms with E-state index in [1.165, 1.54) is 0 Å². The molecule has 104 valence electrons. The van der Waals surface area contributed by atoms with E-state index in [0.717, 1.165) is 24.0 Å². The minimum Gasteiger partial charge on any atom is -0.465 e. The van der Waals surface area contributed by atoms with Crippen LogP contribution in [-0.2, 0) is 0 Å². The number of carbonyl (C=O) groups excluding carboxylic acids is 1. The number of fused-ring (bicyclic) bond motifs is 2. The first-order valence-electron chi connectivity index (χ1n) is 6.68. The van der Waals surface area contributed by atoms with Crippen molar-refractivity contribution in [2.45, 2.75) is 31.3 Å². The number of benzene rings is 1. The van der Waals surface area contributed by atoms with Crippen LogP contribution in [0.5, 0.6) is 0 Å². The smallest absolute Gasteiger partial charge is 0.408 e. The molecule has 1 aromatic carbocycles. The third-order valence-electron chi connectivity index (χ3n) is 4.13. The molecule has 0 spiro atoms. The van der Waals surface area contributed by atoms with E-state index in [9.17, 15) is 14.7 Å². The van der Waals surface area contributed by atoms with Crippen molar-refractivity contribution in [2.75, 3.05) is 0 Å². The first kappa shape index (κ1) is 12.7. The average molecular weight is 272 g/mol. The summed E-state index contributed by atoms with van der Waals surface area (Å²) in [5, 5.41) is 9.23. The number of rotatable bonds is 2. The van der Waals surface area contributed by atoms with E-state index in [1.807, 2.05) is 18.2 Å². The summed E-state index contributed by atoms with van der Waals surface area (Å²) in [6.45, 7) is 0. The summed E-state index contributed by atoms with van der Waals surface area (Å²) < 4.78 is 0. The van der Waals surface area contributed by atoms with Crippen LogP contribution >= 0.6 is 0 Å². The molecule has 0 saturated carbocycles. The maximum atomic E-state index is 11.2. The lowest BCUT2D eigenvalue weighted by Crippen LogP contribution is -2.42.